The summed E-state index contributed by atoms with van der Waals surface area (Å²) in [6, 6.07) is 7.56. The second kappa shape index (κ2) is 5.75. The van der Waals surface area contributed by atoms with Crippen molar-refractivity contribution in [2.75, 3.05) is 20.7 Å². The number of para-hydroxylation sites is 1. The number of fused-ring (bicyclic) bond motifs is 2. The third kappa shape index (κ3) is 2.54. The summed E-state index contributed by atoms with van der Waals surface area (Å²) in [6.45, 7) is -0.239. The number of esters is 1. The third-order valence-corrected chi connectivity index (χ3v) is 3.95. The summed E-state index contributed by atoms with van der Waals surface area (Å²) in [5.74, 6) is -0.671. The average molecular weight is 298 g/mol. The number of pyridine rings is 1. The predicted octanol–water partition coefficient (Wildman–Crippen LogP) is 1.97. The molecule has 3 rings (SSSR count). The SMILES string of the molecule is CN(C)C(=O)COC(=O)c1c2c(nc3ccccc13)CCC2. The Morgan fingerprint density at radius 1 is 1.23 bits per heavy atom. The molecule has 0 atom stereocenters. The Kier molecular flexibility index (Phi) is 3.79. The molecule has 5 nitrogen and oxygen atoms in total. The fraction of sp³-hybridized carbons (Fsp3) is 0.353. The van der Waals surface area contributed by atoms with Crippen LogP contribution in [0.4, 0.5) is 0 Å². The average Bonchev–Trinajstić information content (AvgIpc) is 2.97. The Morgan fingerprint density at radius 2 is 2.00 bits per heavy atom. The van der Waals surface area contributed by atoms with E-state index in [4.69, 9.17) is 4.74 Å². The van der Waals surface area contributed by atoms with Crippen molar-refractivity contribution in [3.05, 3.63) is 41.1 Å². The van der Waals surface area contributed by atoms with Crippen molar-refractivity contribution in [3.8, 4) is 0 Å². The molecule has 1 amide bonds. The molecule has 0 radical (unpaired) electrons. The number of ether oxygens (including phenoxy) is 1. The van der Waals surface area contributed by atoms with Gasteiger partial charge in [0.25, 0.3) is 5.91 Å². The van der Waals surface area contributed by atoms with Crippen LogP contribution >= 0.6 is 0 Å². The standard InChI is InChI=1S/C17H18N2O3/c1-19(2)15(20)10-22-17(21)16-11-6-3-4-8-13(11)18-14-9-5-7-12(14)16/h3-4,6,8H,5,7,9-10H2,1-2H3. The number of carbonyl (C=O) groups is 2. The van der Waals surface area contributed by atoms with Gasteiger partial charge in [0.15, 0.2) is 6.61 Å². The zero-order valence-electron chi connectivity index (χ0n) is 12.8. The summed E-state index contributed by atoms with van der Waals surface area (Å²) in [7, 11) is 3.27. The smallest absolute Gasteiger partial charge is 0.339 e. The highest BCUT2D eigenvalue weighted by Gasteiger charge is 2.25. The minimum Gasteiger partial charge on any atom is -0.452 e. The van der Waals surface area contributed by atoms with E-state index in [2.05, 4.69) is 4.98 Å². The molecule has 0 fully saturated rings. The highest BCUT2D eigenvalue weighted by Crippen LogP contribution is 2.30. The van der Waals surface area contributed by atoms with Gasteiger partial charge in [0.1, 0.15) is 0 Å². The lowest BCUT2D eigenvalue weighted by atomic mass is 10.0. The topological polar surface area (TPSA) is 59.5 Å². The maximum atomic E-state index is 12.5. The van der Waals surface area contributed by atoms with Crippen LogP contribution in [0.5, 0.6) is 0 Å². The quantitative estimate of drug-likeness (QED) is 0.813. The van der Waals surface area contributed by atoms with Crippen LogP contribution < -0.4 is 0 Å². The molecule has 1 aromatic carbocycles. The number of likely N-dealkylation sites (N-methyl/N-ethyl adjacent to an activating group) is 1. The first-order valence-electron chi connectivity index (χ1n) is 7.35. The van der Waals surface area contributed by atoms with Crippen molar-refractivity contribution in [2.45, 2.75) is 19.3 Å². The number of amides is 1. The molecule has 0 bridgehead atoms. The zero-order valence-corrected chi connectivity index (χ0v) is 12.8. The van der Waals surface area contributed by atoms with E-state index in [0.29, 0.717) is 5.56 Å². The second-order valence-corrected chi connectivity index (χ2v) is 5.65. The number of aromatic nitrogens is 1. The van der Waals surface area contributed by atoms with E-state index < -0.39 is 5.97 Å². The van der Waals surface area contributed by atoms with E-state index in [0.717, 1.165) is 41.4 Å². The number of benzene rings is 1. The molecular weight excluding hydrogens is 280 g/mol. The van der Waals surface area contributed by atoms with Crippen LogP contribution in [0.2, 0.25) is 0 Å². The monoisotopic (exact) mass is 298 g/mol. The van der Waals surface area contributed by atoms with Gasteiger partial charge in [-0.15, -0.1) is 0 Å². The van der Waals surface area contributed by atoms with Gasteiger partial charge in [-0.25, -0.2) is 4.79 Å². The molecule has 1 heterocycles. The summed E-state index contributed by atoms with van der Waals surface area (Å²) < 4.78 is 5.23. The molecule has 0 saturated carbocycles. The van der Waals surface area contributed by atoms with Gasteiger partial charge >= 0.3 is 5.97 Å². The van der Waals surface area contributed by atoms with Crippen LogP contribution in [0.15, 0.2) is 24.3 Å². The number of rotatable bonds is 3. The van der Waals surface area contributed by atoms with Gasteiger partial charge in [-0.3, -0.25) is 9.78 Å². The van der Waals surface area contributed by atoms with E-state index in [9.17, 15) is 9.59 Å². The summed E-state index contributed by atoms with van der Waals surface area (Å²) in [5.41, 5.74) is 3.32. The van der Waals surface area contributed by atoms with Gasteiger partial charge in [0.05, 0.1) is 11.1 Å². The molecule has 0 saturated heterocycles. The number of carbonyl (C=O) groups excluding carboxylic acids is 2. The predicted molar refractivity (Wildman–Crippen MR) is 82.7 cm³/mol. The summed E-state index contributed by atoms with van der Waals surface area (Å²) in [6.07, 6.45) is 2.71. The first-order valence-corrected chi connectivity index (χ1v) is 7.35. The van der Waals surface area contributed by atoms with Crippen LogP contribution in [-0.4, -0.2) is 42.5 Å². The summed E-state index contributed by atoms with van der Waals surface area (Å²) >= 11 is 0. The van der Waals surface area contributed by atoms with E-state index in [-0.39, 0.29) is 12.5 Å². The highest BCUT2D eigenvalue weighted by atomic mass is 16.5. The van der Waals surface area contributed by atoms with Crippen LogP contribution in [0, 0.1) is 0 Å². The first kappa shape index (κ1) is 14.5. The van der Waals surface area contributed by atoms with Gasteiger partial charge in [-0.2, -0.15) is 0 Å². The molecule has 2 aromatic rings. The summed E-state index contributed by atoms with van der Waals surface area (Å²) in [5, 5.41) is 0.797. The van der Waals surface area contributed by atoms with Gasteiger partial charge in [-0.05, 0) is 30.9 Å². The van der Waals surface area contributed by atoms with Crippen LogP contribution in [-0.2, 0) is 22.4 Å². The molecule has 1 aliphatic carbocycles. The largest absolute Gasteiger partial charge is 0.452 e. The maximum absolute atomic E-state index is 12.5. The Labute approximate surface area is 128 Å². The fourth-order valence-corrected chi connectivity index (χ4v) is 2.77. The third-order valence-electron chi connectivity index (χ3n) is 3.95. The Balaban J connectivity index is 1.99. The summed E-state index contributed by atoms with van der Waals surface area (Å²) in [4.78, 5) is 30.2. The lowest BCUT2D eigenvalue weighted by Gasteiger charge is -2.13. The van der Waals surface area contributed by atoms with Crippen LogP contribution in [0.3, 0.4) is 0 Å². The Hall–Kier alpha value is -2.43. The van der Waals surface area contributed by atoms with Gasteiger partial charge in [0, 0.05) is 25.2 Å². The lowest BCUT2D eigenvalue weighted by molar-refractivity contribution is -0.131. The molecule has 0 spiro atoms. The van der Waals surface area contributed by atoms with E-state index in [1.807, 2.05) is 24.3 Å². The van der Waals surface area contributed by atoms with Crippen LogP contribution in [0.1, 0.15) is 28.0 Å². The van der Waals surface area contributed by atoms with E-state index in [1.54, 1.807) is 14.1 Å². The van der Waals surface area contributed by atoms with Crippen molar-refractivity contribution in [1.82, 2.24) is 9.88 Å². The van der Waals surface area contributed by atoms with Crippen molar-refractivity contribution in [1.29, 1.82) is 0 Å². The molecule has 0 N–H and O–H groups in total. The van der Waals surface area contributed by atoms with Gasteiger partial charge in [-0.1, -0.05) is 18.2 Å². The molecule has 0 aliphatic heterocycles. The number of aryl methyl sites for hydroxylation is 1. The molecular formula is C17H18N2O3. The van der Waals surface area contributed by atoms with E-state index in [1.165, 1.54) is 4.90 Å². The molecule has 5 heteroatoms. The van der Waals surface area contributed by atoms with Gasteiger partial charge in [0.2, 0.25) is 0 Å². The molecule has 22 heavy (non-hydrogen) atoms. The lowest BCUT2D eigenvalue weighted by Crippen LogP contribution is -2.27. The van der Waals surface area contributed by atoms with E-state index >= 15 is 0 Å². The number of hydrogen-bond acceptors (Lipinski definition) is 4. The first-order chi connectivity index (χ1) is 10.6. The zero-order chi connectivity index (χ0) is 15.7. The Bertz CT molecular complexity index is 753. The fourth-order valence-electron chi connectivity index (χ4n) is 2.77. The van der Waals surface area contributed by atoms with Crippen molar-refractivity contribution < 1.29 is 14.3 Å². The molecule has 1 aromatic heterocycles. The van der Waals surface area contributed by atoms with Crippen molar-refractivity contribution >= 4 is 22.8 Å². The highest BCUT2D eigenvalue weighted by molar-refractivity contribution is 6.05. The normalized spacial score (nSPS) is 13.0. The molecule has 0 unspecified atom stereocenters. The van der Waals surface area contributed by atoms with Gasteiger partial charge < -0.3 is 9.64 Å². The van der Waals surface area contributed by atoms with Crippen molar-refractivity contribution in [2.24, 2.45) is 0 Å². The maximum Gasteiger partial charge on any atom is 0.339 e. The number of hydrogen-bond donors (Lipinski definition) is 0. The molecule has 114 valence electrons. The minimum absolute atomic E-state index is 0.233. The Morgan fingerprint density at radius 3 is 2.77 bits per heavy atom. The van der Waals surface area contributed by atoms with Crippen molar-refractivity contribution in [3.63, 3.8) is 0 Å². The molecule has 1 aliphatic rings. The number of nitrogens with zero attached hydrogens (tertiary/aromatic N) is 2. The van der Waals surface area contributed by atoms with Crippen LogP contribution in [0.25, 0.3) is 10.9 Å². The minimum atomic E-state index is -0.438. The second-order valence-electron chi connectivity index (χ2n) is 5.65.